The lowest BCUT2D eigenvalue weighted by atomic mass is 10.1. The summed E-state index contributed by atoms with van der Waals surface area (Å²) in [6.45, 7) is 2.23. The molecular formula is C25H24Br2N2O. The van der Waals surface area contributed by atoms with Crippen LogP contribution in [0.5, 0.6) is 5.75 Å². The van der Waals surface area contributed by atoms with Gasteiger partial charge < -0.3 is 14.2 Å². The standard InChI is InChI=1S/C25H24Br2N2O/c1-28(2)15-16-30-25-23-21(27)13-8-14-22(23)29(17-19-11-6-7-12-20(19)26)24(25)18-9-4-3-5-10-18/h3-14H,15-17H2,1-2H3. The van der Waals surface area contributed by atoms with Gasteiger partial charge in [0.25, 0.3) is 0 Å². The van der Waals surface area contributed by atoms with Crippen molar-refractivity contribution in [3.63, 3.8) is 0 Å². The van der Waals surface area contributed by atoms with Gasteiger partial charge in [0, 0.05) is 27.6 Å². The van der Waals surface area contributed by atoms with Gasteiger partial charge in [0.1, 0.15) is 6.61 Å². The molecular weight excluding hydrogens is 504 g/mol. The number of hydrogen-bond acceptors (Lipinski definition) is 2. The van der Waals surface area contributed by atoms with Gasteiger partial charge in [-0.3, -0.25) is 0 Å². The molecule has 4 aromatic rings. The summed E-state index contributed by atoms with van der Waals surface area (Å²) in [5.41, 5.74) is 4.63. The van der Waals surface area contributed by atoms with Crippen molar-refractivity contribution in [2.45, 2.75) is 6.54 Å². The van der Waals surface area contributed by atoms with Gasteiger partial charge in [-0.05, 0) is 53.8 Å². The molecule has 154 valence electrons. The second-order valence-corrected chi connectivity index (χ2v) is 9.22. The first kappa shape index (κ1) is 21.2. The van der Waals surface area contributed by atoms with Gasteiger partial charge in [-0.25, -0.2) is 0 Å². The van der Waals surface area contributed by atoms with E-state index < -0.39 is 0 Å². The predicted octanol–water partition coefficient (Wildman–Crippen LogP) is 6.82. The third-order valence-corrected chi connectivity index (χ3v) is 6.55. The van der Waals surface area contributed by atoms with Gasteiger partial charge in [-0.1, -0.05) is 70.5 Å². The quantitative estimate of drug-likeness (QED) is 0.262. The molecule has 1 aromatic heterocycles. The van der Waals surface area contributed by atoms with Crippen LogP contribution in [0.15, 0.2) is 81.7 Å². The zero-order valence-electron chi connectivity index (χ0n) is 17.1. The Hall–Kier alpha value is -2.08. The molecule has 0 aliphatic heterocycles. The first-order valence-corrected chi connectivity index (χ1v) is 11.5. The van der Waals surface area contributed by atoms with E-state index in [1.807, 2.05) is 12.1 Å². The smallest absolute Gasteiger partial charge is 0.154 e. The summed E-state index contributed by atoms with van der Waals surface area (Å²) < 4.78 is 11.0. The van der Waals surface area contributed by atoms with Crippen LogP contribution in [-0.2, 0) is 6.54 Å². The van der Waals surface area contributed by atoms with E-state index >= 15 is 0 Å². The van der Waals surface area contributed by atoms with E-state index in [1.165, 1.54) is 5.56 Å². The molecule has 30 heavy (non-hydrogen) atoms. The molecule has 0 aliphatic carbocycles. The summed E-state index contributed by atoms with van der Waals surface area (Å²) in [6, 6.07) is 25.2. The third-order valence-electron chi connectivity index (χ3n) is 5.11. The molecule has 0 N–H and O–H groups in total. The van der Waals surface area contributed by atoms with Gasteiger partial charge in [-0.2, -0.15) is 0 Å². The van der Waals surface area contributed by atoms with Crippen LogP contribution < -0.4 is 4.74 Å². The van der Waals surface area contributed by atoms with Crippen LogP contribution >= 0.6 is 31.9 Å². The van der Waals surface area contributed by atoms with Crippen LogP contribution in [0.1, 0.15) is 5.56 Å². The van der Waals surface area contributed by atoms with Crippen molar-refractivity contribution >= 4 is 42.8 Å². The Bertz CT molecular complexity index is 1150. The molecule has 3 nitrogen and oxygen atoms in total. The van der Waals surface area contributed by atoms with Gasteiger partial charge in [0.2, 0.25) is 0 Å². The van der Waals surface area contributed by atoms with E-state index in [0.717, 1.165) is 49.9 Å². The molecule has 3 aromatic carbocycles. The number of aromatic nitrogens is 1. The van der Waals surface area contributed by atoms with E-state index in [2.05, 4.69) is 116 Å². The largest absolute Gasteiger partial charge is 0.489 e. The summed E-state index contributed by atoms with van der Waals surface area (Å²) in [4.78, 5) is 2.14. The monoisotopic (exact) mass is 526 g/mol. The SMILES string of the molecule is CN(C)CCOc1c(-c2ccccc2)n(Cc2ccccc2Br)c2cccc(Br)c12. The minimum Gasteiger partial charge on any atom is -0.489 e. The maximum Gasteiger partial charge on any atom is 0.154 e. The maximum atomic E-state index is 6.44. The highest BCUT2D eigenvalue weighted by molar-refractivity contribution is 9.11. The molecule has 0 atom stereocenters. The summed E-state index contributed by atoms with van der Waals surface area (Å²) in [6.07, 6.45) is 0. The van der Waals surface area contributed by atoms with Crippen molar-refractivity contribution in [3.05, 3.63) is 87.3 Å². The topological polar surface area (TPSA) is 17.4 Å². The average Bonchev–Trinajstić information content (AvgIpc) is 3.05. The van der Waals surface area contributed by atoms with Gasteiger partial charge >= 0.3 is 0 Å². The van der Waals surface area contributed by atoms with Crippen LogP contribution in [0.2, 0.25) is 0 Å². The number of ether oxygens (including phenoxy) is 1. The zero-order chi connectivity index (χ0) is 21.1. The Morgan fingerprint density at radius 3 is 2.27 bits per heavy atom. The Morgan fingerprint density at radius 2 is 1.53 bits per heavy atom. The van der Waals surface area contributed by atoms with Gasteiger partial charge in [0.15, 0.2) is 5.75 Å². The molecule has 0 radical (unpaired) electrons. The fourth-order valence-electron chi connectivity index (χ4n) is 3.64. The molecule has 0 fully saturated rings. The van der Waals surface area contributed by atoms with Crippen LogP contribution in [0.25, 0.3) is 22.2 Å². The van der Waals surface area contributed by atoms with Gasteiger partial charge in [-0.15, -0.1) is 0 Å². The van der Waals surface area contributed by atoms with Crippen molar-refractivity contribution in [1.29, 1.82) is 0 Å². The molecule has 0 unspecified atom stereocenters. The minimum absolute atomic E-state index is 0.627. The molecule has 0 saturated carbocycles. The fourth-order valence-corrected chi connectivity index (χ4v) is 4.58. The molecule has 5 heteroatoms. The van der Waals surface area contributed by atoms with Crippen LogP contribution in [0.3, 0.4) is 0 Å². The predicted molar refractivity (Wildman–Crippen MR) is 132 cm³/mol. The zero-order valence-corrected chi connectivity index (χ0v) is 20.3. The lowest BCUT2D eigenvalue weighted by Crippen LogP contribution is -2.19. The Kier molecular flexibility index (Phi) is 6.61. The second-order valence-electron chi connectivity index (χ2n) is 7.51. The highest BCUT2D eigenvalue weighted by atomic mass is 79.9. The summed E-state index contributed by atoms with van der Waals surface area (Å²) in [5.74, 6) is 0.928. The Balaban J connectivity index is 1.94. The molecule has 4 rings (SSSR count). The Labute approximate surface area is 194 Å². The van der Waals surface area contributed by atoms with E-state index in [1.54, 1.807) is 0 Å². The minimum atomic E-state index is 0.627. The van der Waals surface area contributed by atoms with Crippen molar-refractivity contribution < 1.29 is 4.74 Å². The Morgan fingerprint density at radius 1 is 0.833 bits per heavy atom. The van der Waals surface area contributed by atoms with Crippen LogP contribution in [-0.4, -0.2) is 36.7 Å². The van der Waals surface area contributed by atoms with Gasteiger partial charge in [0.05, 0.1) is 16.6 Å². The summed E-state index contributed by atoms with van der Waals surface area (Å²) in [5, 5.41) is 1.11. The fraction of sp³-hybridized carbons (Fsp3) is 0.200. The first-order valence-electron chi connectivity index (χ1n) is 9.93. The van der Waals surface area contributed by atoms with Crippen molar-refractivity contribution in [2.75, 3.05) is 27.2 Å². The van der Waals surface area contributed by atoms with E-state index in [4.69, 9.17) is 4.74 Å². The van der Waals surface area contributed by atoms with E-state index in [9.17, 15) is 0 Å². The highest BCUT2D eigenvalue weighted by Gasteiger charge is 2.22. The van der Waals surface area contributed by atoms with Crippen molar-refractivity contribution in [1.82, 2.24) is 9.47 Å². The molecule has 0 saturated heterocycles. The number of nitrogens with zero attached hydrogens (tertiary/aromatic N) is 2. The third kappa shape index (κ3) is 4.34. The summed E-state index contributed by atoms with van der Waals surface area (Å²) in [7, 11) is 4.13. The molecule has 1 heterocycles. The van der Waals surface area contributed by atoms with E-state index in [0.29, 0.717) is 6.61 Å². The molecule has 0 bridgehead atoms. The number of rotatable bonds is 7. The number of benzene rings is 3. The maximum absolute atomic E-state index is 6.44. The van der Waals surface area contributed by atoms with Crippen LogP contribution in [0, 0.1) is 0 Å². The summed E-state index contributed by atoms with van der Waals surface area (Å²) >= 11 is 7.49. The lowest BCUT2D eigenvalue weighted by Gasteiger charge is -2.15. The van der Waals surface area contributed by atoms with Crippen molar-refractivity contribution in [3.8, 4) is 17.0 Å². The molecule has 0 amide bonds. The average molecular weight is 528 g/mol. The molecule has 0 spiro atoms. The van der Waals surface area contributed by atoms with Crippen molar-refractivity contribution in [2.24, 2.45) is 0 Å². The number of fused-ring (bicyclic) bond motifs is 1. The highest BCUT2D eigenvalue weighted by Crippen LogP contribution is 2.44. The number of halogens is 2. The number of hydrogen-bond donors (Lipinski definition) is 0. The van der Waals surface area contributed by atoms with Crippen LogP contribution in [0.4, 0.5) is 0 Å². The second kappa shape index (κ2) is 9.38. The normalized spacial score (nSPS) is 11.4. The number of likely N-dealkylation sites (N-methyl/N-ethyl adjacent to an activating group) is 1. The molecule has 0 aliphatic rings. The lowest BCUT2D eigenvalue weighted by molar-refractivity contribution is 0.264. The van der Waals surface area contributed by atoms with E-state index in [-0.39, 0.29) is 0 Å². The first-order chi connectivity index (χ1) is 14.6.